The fourth-order valence-electron chi connectivity index (χ4n) is 1.24. The highest BCUT2D eigenvalue weighted by atomic mass is 32.2. The quantitative estimate of drug-likeness (QED) is 0.686. The van der Waals surface area contributed by atoms with E-state index in [0.29, 0.717) is 0 Å². The molecule has 1 fully saturated rings. The second kappa shape index (κ2) is 4.57. The molecule has 5 heteroatoms. The predicted octanol–water partition coefficient (Wildman–Crippen LogP) is 0.649. The zero-order valence-electron chi connectivity index (χ0n) is 7.12. The molecule has 1 aliphatic heterocycles. The normalized spacial score (nSPS) is 20.8. The second-order valence-corrected chi connectivity index (χ2v) is 4.04. The van der Waals surface area contributed by atoms with Gasteiger partial charge in [-0.25, -0.2) is 4.79 Å². The van der Waals surface area contributed by atoms with Gasteiger partial charge in [-0.15, -0.1) is 11.8 Å². The Morgan fingerprint density at radius 2 is 2.58 bits per heavy atom. The Kier molecular flexibility index (Phi) is 3.68. The van der Waals surface area contributed by atoms with Gasteiger partial charge in [0, 0.05) is 30.8 Å². The minimum absolute atomic E-state index is 0.0289. The molecule has 4 nitrogen and oxygen atoms in total. The standard InChI is InChI=1S/C7H14N2O2S/c1-6(8-7(10)11)4-9-2-3-12-5-9/h6,8H,2-5H2,1H3,(H,10,11). The lowest BCUT2D eigenvalue weighted by Crippen LogP contribution is -2.40. The molecule has 1 heterocycles. The molecule has 0 aliphatic carbocycles. The number of nitrogens with one attached hydrogen (secondary N) is 1. The van der Waals surface area contributed by atoms with Crippen LogP contribution in [-0.4, -0.2) is 46.9 Å². The van der Waals surface area contributed by atoms with Crippen LogP contribution in [0.15, 0.2) is 0 Å². The van der Waals surface area contributed by atoms with E-state index in [0.717, 1.165) is 19.0 Å². The van der Waals surface area contributed by atoms with Crippen LogP contribution in [-0.2, 0) is 0 Å². The summed E-state index contributed by atoms with van der Waals surface area (Å²) in [5, 5.41) is 10.9. The molecule has 0 radical (unpaired) electrons. The molecule has 0 aromatic carbocycles. The molecule has 0 spiro atoms. The minimum atomic E-state index is -0.936. The van der Waals surface area contributed by atoms with Crippen molar-refractivity contribution in [1.29, 1.82) is 0 Å². The molecule has 0 bridgehead atoms. The van der Waals surface area contributed by atoms with Crippen molar-refractivity contribution in [3.63, 3.8) is 0 Å². The SMILES string of the molecule is CC(CN1CCSC1)NC(=O)O. The van der Waals surface area contributed by atoms with Crippen molar-refractivity contribution in [3.05, 3.63) is 0 Å². The summed E-state index contributed by atoms with van der Waals surface area (Å²) in [6, 6.07) is 0.0289. The lowest BCUT2D eigenvalue weighted by Gasteiger charge is -2.18. The predicted molar refractivity (Wildman–Crippen MR) is 49.5 cm³/mol. The Hall–Kier alpha value is -0.420. The summed E-state index contributed by atoms with van der Waals surface area (Å²) in [6.45, 7) is 3.78. The molecule has 0 aromatic heterocycles. The zero-order valence-corrected chi connectivity index (χ0v) is 7.93. The Bertz CT molecular complexity index is 159. The maximum absolute atomic E-state index is 10.2. The third-order valence-electron chi connectivity index (χ3n) is 1.73. The van der Waals surface area contributed by atoms with Crippen molar-refractivity contribution < 1.29 is 9.90 Å². The van der Waals surface area contributed by atoms with E-state index in [2.05, 4.69) is 10.2 Å². The van der Waals surface area contributed by atoms with E-state index in [9.17, 15) is 4.79 Å². The van der Waals surface area contributed by atoms with Crippen LogP contribution in [0.3, 0.4) is 0 Å². The molecule has 12 heavy (non-hydrogen) atoms. The van der Waals surface area contributed by atoms with Gasteiger partial charge in [-0.05, 0) is 6.92 Å². The van der Waals surface area contributed by atoms with Crippen LogP contribution in [0.25, 0.3) is 0 Å². The fourth-order valence-corrected chi connectivity index (χ4v) is 2.25. The van der Waals surface area contributed by atoms with Crippen molar-refractivity contribution in [3.8, 4) is 0 Å². The highest BCUT2D eigenvalue weighted by Gasteiger charge is 2.15. The van der Waals surface area contributed by atoms with E-state index in [1.165, 1.54) is 5.75 Å². The molecular formula is C7H14N2O2S. The molecular weight excluding hydrogens is 176 g/mol. The van der Waals surface area contributed by atoms with E-state index < -0.39 is 6.09 Å². The summed E-state index contributed by atoms with van der Waals surface area (Å²) in [6.07, 6.45) is -0.936. The van der Waals surface area contributed by atoms with Gasteiger partial charge < -0.3 is 10.4 Å². The lowest BCUT2D eigenvalue weighted by atomic mass is 10.3. The minimum Gasteiger partial charge on any atom is -0.465 e. The Morgan fingerprint density at radius 1 is 1.83 bits per heavy atom. The molecule has 1 unspecified atom stereocenters. The number of rotatable bonds is 3. The van der Waals surface area contributed by atoms with Crippen LogP contribution in [0, 0.1) is 0 Å². The molecule has 1 amide bonds. The summed E-state index contributed by atoms with van der Waals surface area (Å²) < 4.78 is 0. The highest BCUT2D eigenvalue weighted by Crippen LogP contribution is 2.12. The average molecular weight is 190 g/mol. The molecule has 1 saturated heterocycles. The van der Waals surface area contributed by atoms with Gasteiger partial charge in [0.15, 0.2) is 0 Å². The first-order chi connectivity index (χ1) is 5.68. The van der Waals surface area contributed by atoms with Gasteiger partial charge >= 0.3 is 6.09 Å². The Morgan fingerprint density at radius 3 is 3.08 bits per heavy atom. The molecule has 0 aromatic rings. The van der Waals surface area contributed by atoms with Crippen molar-refractivity contribution in [1.82, 2.24) is 10.2 Å². The van der Waals surface area contributed by atoms with Gasteiger partial charge in [0.05, 0.1) is 0 Å². The van der Waals surface area contributed by atoms with Crippen LogP contribution in [0.5, 0.6) is 0 Å². The molecule has 1 rings (SSSR count). The molecule has 0 saturated carbocycles. The third kappa shape index (κ3) is 3.32. The Labute approximate surface area is 76.3 Å². The number of carbonyl (C=O) groups is 1. The van der Waals surface area contributed by atoms with E-state index in [1.54, 1.807) is 0 Å². The van der Waals surface area contributed by atoms with Crippen LogP contribution in [0.1, 0.15) is 6.92 Å². The van der Waals surface area contributed by atoms with Gasteiger partial charge in [0.1, 0.15) is 0 Å². The van der Waals surface area contributed by atoms with E-state index >= 15 is 0 Å². The van der Waals surface area contributed by atoms with Crippen LogP contribution in [0.2, 0.25) is 0 Å². The first-order valence-corrected chi connectivity index (χ1v) is 5.13. The maximum atomic E-state index is 10.2. The van der Waals surface area contributed by atoms with Crippen molar-refractivity contribution in [2.75, 3.05) is 24.7 Å². The summed E-state index contributed by atoms with van der Waals surface area (Å²) in [7, 11) is 0. The number of carboxylic acid groups (broad SMARTS) is 1. The number of amides is 1. The smallest absolute Gasteiger partial charge is 0.404 e. The maximum Gasteiger partial charge on any atom is 0.404 e. The number of nitrogens with zero attached hydrogens (tertiary/aromatic N) is 1. The summed E-state index contributed by atoms with van der Waals surface area (Å²) in [4.78, 5) is 12.5. The lowest BCUT2D eigenvalue weighted by molar-refractivity contribution is 0.186. The average Bonchev–Trinajstić information content (AvgIpc) is 2.37. The van der Waals surface area contributed by atoms with Gasteiger partial charge in [-0.2, -0.15) is 0 Å². The van der Waals surface area contributed by atoms with Gasteiger partial charge in [0.25, 0.3) is 0 Å². The van der Waals surface area contributed by atoms with E-state index in [1.807, 2.05) is 18.7 Å². The number of hydrogen-bond acceptors (Lipinski definition) is 3. The highest BCUT2D eigenvalue weighted by molar-refractivity contribution is 7.99. The number of hydrogen-bond donors (Lipinski definition) is 2. The van der Waals surface area contributed by atoms with Gasteiger partial charge in [-0.1, -0.05) is 0 Å². The van der Waals surface area contributed by atoms with Crippen LogP contribution >= 0.6 is 11.8 Å². The first kappa shape index (κ1) is 9.67. The molecule has 2 N–H and O–H groups in total. The summed E-state index contributed by atoms with van der Waals surface area (Å²) in [5.41, 5.74) is 0. The number of thioether (sulfide) groups is 1. The molecule has 1 aliphatic rings. The monoisotopic (exact) mass is 190 g/mol. The van der Waals surface area contributed by atoms with Crippen LogP contribution in [0.4, 0.5) is 4.79 Å². The largest absolute Gasteiger partial charge is 0.465 e. The van der Waals surface area contributed by atoms with Gasteiger partial charge in [0.2, 0.25) is 0 Å². The second-order valence-electron chi connectivity index (χ2n) is 2.96. The van der Waals surface area contributed by atoms with Crippen molar-refractivity contribution in [2.24, 2.45) is 0 Å². The summed E-state index contributed by atoms with van der Waals surface area (Å²) in [5.74, 6) is 2.20. The van der Waals surface area contributed by atoms with Gasteiger partial charge in [-0.3, -0.25) is 4.90 Å². The summed E-state index contributed by atoms with van der Waals surface area (Å²) >= 11 is 1.89. The first-order valence-electron chi connectivity index (χ1n) is 3.98. The van der Waals surface area contributed by atoms with E-state index in [4.69, 9.17) is 5.11 Å². The topological polar surface area (TPSA) is 52.6 Å². The van der Waals surface area contributed by atoms with E-state index in [-0.39, 0.29) is 6.04 Å². The molecule has 1 atom stereocenters. The van der Waals surface area contributed by atoms with Crippen LogP contribution < -0.4 is 5.32 Å². The molecule has 70 valence electrons. The zero-order chi connectivity index (χ0) is 8.97. The third-order valence-corrected chi connectivity index (χ3v) is 2.75. The van der Waals surface area contributed by atoms with Crippen molar-refractivity contribution >= 4 is 17.9 Å². The van der Waals surface area contributed by atoms with Crippen molar-refractivity contribution in [2.45, 2.75) is 13.0 Å². The fraction of sp³-hybridized carbons (Fsp3) is 0.857. The Balaban J connectivity index is 2.16.